The van der Waals surface area contributed by atoms with Crippen molar-refractivity contribution in [3.63, 3.8) is 0 Å². The molecule has 31 heavy (non-hydrogen) atoms. The maximum atomic E-state index is 12.3. The Labute approximate surface area is 189 Å². The van der Waals surface area contributed by atoms with Crippen LogP contribution in [0.1, 0.15) is 113 Å². The number of aliphatic hydroxyl groups is 1. The molecule has 2 bridgehead atoms. The minimum atomic E-state index is -0.715. The van der Waals surface area contributed by atoms with Crippen LogP contribution in [-0.4, -0.2) is 22.1 Å². The summed E-state index contributed by atoms with van der Waals surface area (Å²) in [6.07, 6.45) is 4.13. The minimum absolute atomic E-state index is 0.412. The normalized spacial score (nSPS) is 26.4. The maximum absolute atomic E-state index is 12.3. The Kier molecular flexibility index (Phi) is 6.34. The first-order valence-corrected chi connectivity index (χ1v) is 12.4. The van der Waals surface area contributed by atoms with E-state index in [1.54, 1.807) is 0 Å². The van der Waals surface area contributed by atoms with Crippen molar-refractivity contribution in [2.45, 2.75) is 109 Å². The van der Waals surface area contributed by atoms with Crippen molar-refractivity contribution >= 4 is 0 Å². The van der Waals surface area contributed by atoms with Gasteiger partial charge in [-0.3, -0.25) is 4.90 Å². The largest absolute Gasteiger partial charge is 0.385 e. The lowest BCUT2D eigenvalue weighted by Gasteiger charge is -2.46. The molecule has 2 aromatic carbocycles. The van der Waals surface area contributed by atoms with E-state index in [2.05, 4.69) is 88.9 Å². The highest BCUT2D eigenvalue weighted by atomic mass is 16.3. The number of benzene rings is 2. The molecule has 2 aliphatic rings. The molecule has 2 heteroatoms. The molecule has 0 aromatic heterocycles. The Balaban J connectivity index is 1.72. The van der Waals surface area contributed by atoms with E-state index in [-0.39, 0.29) is 0 Å². The van der Waals surface area contributed by atoms with Gasteiger partial charge in [-0.1, -0.05) is 84.0 Å². The van der Waals surface area contributed by atoms with Gasteiger partial charge in [0.2, 0.25) is 0 Å². The molecule has 0 radical (unpaired) electrons. The Morgan fingerprint density at radius 2 is 1.35 bits per heavy atom. The van der Waals surface area contributed by atoms with Gasteiger partial charge in [0.25, 0.3) is 0 Å². The van der Waals surface area contributed by atoms with E-state index in [1.807, 2.05) is 0 Å². The molecule has 2 fully saturated rings. The molecule has 0 spiro atoms. The fourth-order valence-electron chi connectivity index (χ4n) is 6.07. The van der Waals surface area contributed by atoms with Crippen molar-refractivity contribution in [3.8, 4) is 0 Å². The third kappa shape index (κ3) is 4.34. The second kappa shape index (κ2) is 8.71. The predicted molar refractivity (Wildman–Crippen MR) is 131 cm³/mol. The lowest BCUT2D eigenvalue weighted by atomic mass is 9.72. The zero-order chi connectivity index (χ0) is 22.3. The highest BCUT2D eigenvalue weighted by Gasteiger charge is 2.49. The number of nitrogens with zero attached hydrogens (tertiary/aromatic N) is 1. The summed E-state index contributed by atoms with van der Waals surface area (Å²) in [5.41, 5.74) is 6.08. The summed E-state index contributed by atoms with van der Waals surface area (Å²) >= 11 is 0. The van der Waals surface area contributed by atoms with E-state index in [1.165, 1.54) is 40.7 Å². The molecule has 2 unspecified atom stereocenters. The Hall–Kier alpha value is -1.64. The van der Waals surface area contributed by atoms with Crippen LogP contribution in [0.2, 0.25) is 0 Å². The topological polar surface area (TPSA) is 23.5 Å². The van der Waals surface area contributed by atoms with Crippen molar-refractivity contribution in [2.75, 3.05) is 0 Å². The molecule has 2 heterocycles. The molecular weight excluding hydrogens is 378 g/mol. The van der Waals surface area contributed by atoms with Crippen molar-refractivity contribution < 1.29 is 5.11 Å². The highest BCUT2D eigenvalue weighted by molar-refractivity contribution is 5.47. The third-order valence-corrected chi connectivity index (χ3v) is 7.72. The van der Waals surface area contributed by atoms with Crippen LogP contribution < -0.4 is 0 Å². The molecule has 168 valence electrons. The number of fused-ring (bicyclic) bond motifs is 2. The van der Waals surface area contributed by atoms with E-state index >= 15 is 0 Å². The average Bonchev–Trinajstić information content (AvgIpc) is 2.97. The van der Waals surface area contributed by atoms with Crippen LogP contribution in [0.3, 0.4) is 0 Å². The van der Waals surface area contributed by atoms with Gasteiger partial charge >= 0.3 is 0 Å². The lowest BCUT2D eigenvalue weighted by molar-refractivity contribution is -0.0608. The first-order valence-electron chi connectivity index (χ1n) is 12.4. The Bertz CT molecular complexity index is 855. The van der Waals surface area contributed by atoms with Crippen molar-refractivity contribution in [3.05, 3.63) is 70.3 Å². The Morgan fingerprint density at radius 1 is 0.839 bits per heavy atom. The molecular formula is C29H41NO. The van der Waals surface area contributed by atoms with Crippen LogP contribution in [-0.2, 0) is 12.1 Å². The number of hydrogen-bond acceptors (Lipinski definition) is 2. The fraction of sp³-hybridized carbons (Fsp3) is 0.586. The van der Waals surface area contributed by atoms with E-state index < -0.39 is 5.60 Å². The van der Waals surface area contributed by atoms with Gasteiger partial charge in [-0.25, -0.2) is 0 Å². The predicted octanol–water partition coefficient (Wildman–Crippen LogP) is 7.07. The van der Waals surface area contributed by atoms with Crippen LogP contribution >= 0.6 is 0 Å². The summed E-state index contributed by atoms with van der Waals surface area (Å²) in [6, 6.07) is 16.6. The summed E-state index contributed by atoms with van der Waals surface area (Å²) in [5.74, 6) is 1.33. The van der Waals surface area contributed by atoms with E-state index in [0.29, 0.717) is 29.8 Å². The van der Waals surface area contributed by atoms with E-state index in [0.717, 1.165) is 19.4 Å². The molecule has 2 saturated heterocycles. The van der Waals surface area contributed by atoms with Crippen LogP contribution in [0, 0.1) is 0 Å². The molecule has 2 aliphatic heterocycles. The number of rotatable bonds is 6. The first kappa shape index (κ1) is 22.6. The SMILES string of the molecule is CC(C)c1cc(C(C)C)c(C2(O)CC3CCC(C2)N3Cc2ccccc2)c(C(C)C)c1. The van der Waals surface area contributed by atoms with Crippen LogP contribution in [0.15, 0.2) is 42.5 Å². The number of piperidine rings is 1. The van der Waals surface area contributed by atoms with Gasteiger partial charge in [-0.15, -0.1) is 0 Å². The smallest absolute Gasteiger partial charge is 0.0931 e. The zero-order valence-electron chi connectivity index (χ0n) is 20.4. The molecule has 2 nitrogen and oxygen atoms in total. The first-order chi connectivity index (χ1) is 14.7. The molecule has 2 aromatic rings. The maximum Gasteiger partial charge on any atom is 0.0931 e. The lowest BCUT2D eigenvalue weighted by Crippen LogP contribution is -2.49. The van der Waals surface area contributed by atoms with Crippen LogP contribution in [0.4, 0.5) is 0 Å². The summed E-state index contributed by atoms with van der Waals surface area (Å²) in [5, 5.41) is 12.3. The number of hydrogen-bond donors (Lipinski definition) is 1. The fourth-order valence-corrected chi connectivity index (χ4v) is 6.07. The summed E-state index contributed by atoms with van der Waals surface area (Å²) < 4.78 is 0. The van der Waals surface area contributed by atoms with Gasteiger partial charge in [0.15, 0.2) is 0 Å². The van der Waals surface area contributed by atoms with Crippen molar-refractivity contribution in [2.24, 2.45) is 0 Å². The van der Waals surface area contributed by atoms with Gasteiger partial charge in [-0.05, 0) is 71.3 Å². The van der Waals surface area contributed by atoms with Gasteiger partial charge in [0.05, 0.1) is 5.60 Å². The Morgan fingerprint density at radius 3 is 1.81 bits per heavy atom. The monoisotopic (exact) mass is 419 g/mol. The van der Waals surface area contributed by atoms with Crippen molar-refractivity contribution in [1.82, 2.24) is 4.90 Å². The standard InChI is InChI=1S/C29H41NO/c1-19(2)23-14-26(20(3)4)28(27(15-23)21(5)6)29(31)16-24-12-13-25(17-29)30(24)18-22-10-8-7-9-11-22/h7-11,14-15,19-21,24-25,31H,12-13,16-18H2,1-6H3. The minimum Gasteiger partial charge on any atom is -0.385 e. The van der Waals surface area contributed by atoms with Gasteiger partial charge in [0.1, 0.15) is 0 Å². The molecule has 2 atom stereocenters. The average molecular weight is 420 g/mol. The third-order valence-electron chi connectivity index (χ3n) is 7.72. The van der Waals surface area contributed by atoms with Crippen LogP contribution in [0.5, 0.6) is 0 Å². The van der Waals surface area contributed by atoms with Gasteiger partial charge < -0.3 is 5.11 Å². The molecule has 0 saturated carbocycles. The second-order valence-corrected chi connectivity index (χ2v) is 11.0. The van der Waals surface area contributed by atoms with Gasteiger partial charge in [0, 0.05) is 18.6 Å². The van der Waals surface area contributed by atoms with E-state index in [4.69, 9.17) is 0 Å². The molecule has 0 amide bonds. The summed E-state index contributed by atoms with van der Waals surface area (Å²) in [6.45, 7) is 14.7. The van der Waals surface area contributed by atoms with E-state index in [9.17, 15) is 5.11 Å². The molecule has 1 N–H and O–H groups in total. The van der Waals surface area contributed by atoms with Crippen molar-refractivity contribution in [1.29, 1.82) is 0 Å². The van der Waals surface area contributed by atoms with Gasteiger partial charge in [-0.2, -0.15) is 0 Å². The quantitative estimate of drug-likeness (QED) is 0.541. The van der Waals surface area contributed by atoms with Crippen LogP contribution in [0.25, 0.3) is 0 Å². The second-order valence-electron chi connectivity index (χ2n) is 11.0. The highest BCUT2D eigenvalue weighted by Crippen LogP contribution is 2.50. The molecule has 4 rings (SSSR count). The summed E-state index contributed by atoms with van der Waals surface area (Å²) in [4.78, 5) is 2.68. The molecule has 0 aliphatic carbocycles. The zero-order valence-corrected chi connectivity index (χ0v) is 20.4. The summed E-state index contributed by atoms with van der Waals surface area (Å²) in [7, 11) is 0.